The highest BCUT2D eigenvalue weighted by Crippen LogP contribution is 2.59. The third-order valence-corrected chi connectivity index (χ3v) is 21.2. The normalized spacial score (nSPS) is 24.3. The van der Waals surface area contributed by atoms with Gasteiger partial charge in [-0.25, -0.2) is 0 Å². The van der Waals surface area contributed by atoms with Crippen molar-refractivity contribution in [2.45, 2.75) is 128 Å². The van der Waals surface area contributed by atoms with E-state index in [1.807, 2.05) is 4.93 Å². The van der Waals surface area contributed by atoms with Crippen LogP contribution < -0.4 is 32.1 Å². The lowest BCUT2D eigenvalue weighted by atomic mass is 9.49. The average molecular weight is 1270 g/mol. The molecule has 0 aromatic heterocycles. The number of nitrogens with one attached hydrogen (secondary N) is 1. The van der Waals surface area contributed by atoms with Crippen molar-refractivity contribution in [3.05, 3.63) is 181 Å². The summed E-state index contributed by atoms with van der Waals surface area (Å²) in [5.41, 5.74) is 1.34. The Balaban J connectivity index is 0.000000161. The van der Waals surface area contributed by atoms with Gasteiger partial charge in [0.15, 0.2) is 29.4 Å². The van der Waals surface area contributed by atoms with Crippen LogP contribution in [0, 0.1) is 60.2 Å². The van der Waals surface area contributed by atoms with Crippen molar-refractivity contribution in [1.82, 2.24) is 0 Å². The number of Topliss-reactive ketones (excluding diaryl/α,β-unsaturated/α-hetero) is 2. The summed E-state index contributed by atoms with van der Waals surface area (Å²) < 4.78 is 0. The summed E-state index contributed by atoms with van der Waals surface area (Å²) >= 11 is 2.15. The first-order valence-corrected chi connectivity index (χ1v) is 32.4. The van der Waals surface area contributed by atoms with Gasteiger partial charge in [0.05, 0.1) is 41.4 Å². The van der Waals surface area contributed by atoms with Crippen molar-refractivity contribution in [2.24, 2.45) is 46.3 Å². The summed E-state index contributed by atoms with van der Waals surface area (Å²) in [5, 5.41) is 22.3. The molecule has 6 aromatic rings. The summed E-state index contributed by atoms with van der Waals surface area (Å²) in [4.78, 5) is 57.6. The molecule has 8 fully saturated rings. The number of carbonyl (C=O) groups is 4. The smallest absolute Gasteiger partial charge is 0.166 e. The zero-order valence-electron chi connectivity index (χ0n) is 46.3. The van der Waals surface area contributed by atoms with Gasteiger partial charge in [0, 0.05) is 46.4 Å². The fourth-order valence-electron chi connectivity index (χ4n) is 13.1. The van der Waals surface area contributed by atoms with Crippen LogP contribution in [0.25, 0.3) is 0 Å². The number of rotatable bonds is 11. The number of ketones is 2. The number of aliphatic carboxylic acids is 2. The lowest BCUT2D eigenvalue weighted by Gasteiger charge is -2.56. The molecule has 1 N–H and O–H groups in total. The van der Waals surface area contributed by atoms with Crippen molar-refractivity contribution in [2.75, 3.05) is 24.6 Å². The quantitative estimate of drug-likeness (QED) is 0.0791. The van der Waals surface area contributed by atoms with Crippen LogP contribution >= 0.6 is 22.6 Å². The highest BCUT2D eigenvalue weighted by molar-refractivity contribution is 14.1. The van der Waals surface area contributed by atoms with Crippen LogP contribution in [0.15, 0.2) is 199 Å². The van der Waals surface area contributed by atoms with Crippen LogP contribution in [0.1, 0.15) is 96.1 Å². The molecule has 0 spiro atoms. The topological polar surface area (TPSA) is 119 Å². The third-order valence-electron chi connectivity index (χ3n) is 16.8. The second kappa shape index (κ2) is 29.8. The van der Waals surface area contributed by atoms with Gasteiger partial charge in [-0.3, -0.25) is 9.59 Å². The molecule has 8 aliphatic rings. The molecule has 0 radical (unpaired) electrons. The maximum atomic E-state index is 11.7. The van der Waals surface area contributed by atoms with E-state index >= 15 is 0 Å². The minimum atomic E-state index is -0.913. The van der Waals surface area contributed by atoms with Crippen LogP contribution in [-0.4, -0.2) is 48.1 Å². The van der Waals surface area contributed by atoms with E-state index < -0.39 is 22.8 Å². The van der Waals surface area contributed by atoms with Gasteiger partial charge < -0.3 is 41.7 Å². The number of carbonyl (C=O) groups excluding carboxylic acids is 4. The molecule has 78 heavy (non-hydrogen) atoms. The van der Waals surface area contributed by atoms with Gasteiger partial charge in [-0.05, 0) is 188 Å². The molecule has 7 nitrogen and oxygen atoms in total. The summed E-state index contributed by atoms with van der Waals surface area (Å²) in [6.45, 7) is 14.7. The summed E-state index contributed by atoms with van der Waals surface area (Å²) in [6.07, 6.45) is 7.49. The Morgan fingerprint density at radius 2 is 0.667 bits per heavy atom. The Hall–Kier alpha value is -4.53. The fraction of sp³-hybridized carbons (Fsp3) is 0.403. The molecule has 6 aromatic carbocycles. The largest absolute Gasteiger partial charge is 1.00 e. The van der Waals surface area contributed by atoms with E-state index in [2.05, 4.69) is 227 Å². The molecule has 4 unspecified atom stereocenters. The zero-order chi connectivity index (χ0) is 55.1. The second-order valence-electron chi connectivity index (χ2n) is 21.9. The highest BCUT2D eigenvalue weighted by atomic mass is 127. The Bertz CT molecular complexity index is 2510. The number of hydrogen-bond acceptors (Lipinski definition) is 6. The summed E-state index contributed by atoms with van der Waals surface area (Å²) in [6, 6.07) is 60.8. The molecular weight excluding hydrogens is 1190 g/mol. The van der Waals surface area contributed by atoms with Gasteiger partial charge >= 0.3 is 0 Å². The first kappa shape index (κ1) is 62.7. The number of aryl methyl sites for hydroxylation is 2. The van der Waals surface area contributed by atoms with E-state index in [-0.39, 0.29) is 62.4 Å². The molecule has 8 saturated carbocycles. The summed E-state index contributed by atoms with van der Waals surface area (Å²) in [7, 11) is -0.0458. The van der Waals surface area contributed by atoms with E-state index in [0.29, 0.717) is 49.1 Å². The number of benzene rings is 6. The number of carboxylic acids is 2. The number of halogens is 2. The van der Waals surface area contributed by atoms with E-state index in [9.17, 15) is 29.4 Å². The Labute approximate surface area is 495 Å². The maximum Gasteiger partial charge on any atom is 0.166 e. The standard InChI is InChI=1S/2C19H17S.2C11H14O3.C6H15N.CH3I.BrH/c2*1-16-12-14-19(15-13-16)20(17-8-4-2-5-9-17)18-10-6-3-7-11-18;2*12-9-7-1-6-2-8(9)5-11(3-6,4-7)10(13)14;1-4-7(5-2)6-3;1-2;/h2*2-15H,1H3;2*6-8H,1-5H2,(H,13,14);4-6H2,1-3H3;1H3;1H/q2*+1;;;;;/p-2. The Morgan fingerprint density at radius 3 is 0.872 bits per heavy atom. The van der Waals surface area contributed by atoms with E-state index in [4.69, 9.17) is 0 Å². The van der Waals surface area contributed by atoms with Crippen LogP contribution in [0.4, 0.5) is 0 Å². The molecule has 11 heteroatoms. The van der Waals surface area contributed by atoms with Gasteiger partial charge in [-0.2, -0.15) is 0 Å². The third kappa shape index (κ3) is 15.5. The van der Waals surface area contributed by atoms with Crippen LogP contribution in [0.5, 0.6) is 0 Å². The van der Waals surface area contributed by atoms with Crippen molar-refractivity contribution >= 4 is 67.9 Å². The van der Waals surface area contributed by atoms with Gasteiger partial charge in [0.25, 0.3) is 0 Å². The lowest BCUT2D eigenvalue weighted by molar-refractivity contribution is -0.894. The maximum absolute atomic E-state index is 11.7. The average Bonchev–Trinajstić information content (AvgIpc) is 3.57. The van der Waals surface area contributed by atoms with Crippen molar-refractivity contribution in [3.8, 4) is 0 Å². The highest BCUT2D eigenvalue weighted by Gasteiger charge is 2.57. The van der Waals surface area contributed by atoms with Crippen molar-refractivity contribution in [1.29, 1.82) is 0 Å². The minimum Gasteiger partial charge on any atom is -1.00 e. The first-order chi connectivity index (χ1) is 37.2. The van der Waals surface area contributed by atoms with Gasteiger partial charge in [-0.15, -0.1) is 0 Å². The van der Waals surface area contributed by atoms with Crippen molar-refractivity contribution < 1.29 is 51.3 Å². The van der Waals surface area contributed by atoms with Crippen LogP contribution in [-0.2, 0) is 41.0 Å². The van der Waals surface area contributed by atoms with Gasteiger partial charge in [0.1, 0.15) is 11.6 Å². The Kier molecular flexibility index (Phi) is 23.9. The lowest BCUT2D eigenvalue weighted by Crippen LogP contribution is -3.11. The molecular formula is C67H79BrINO6S2. The number of alkyl halides is 1. The fourth-order valence-corrected chi connectivity index (χ4v) is 17.3. The minimum absolute atomic E-state index is 0. The number of quaternary nitrogens is 1. The predicted molar refractivity (Wildman–Crippen MR) is 317 cm³/mol. The second-order valence-corrected chi connectivity index (χ2v) is 26.0. The van der Waals surface area contributed by atoms with Crippen molar-refractivity contribution in [3.63, 3.8) is 0 Å². The molecule has 8 aliphatic carbocycles. The van der Waals surface area contributed by atoms with Gasteiger partial charge in [0.2, 0.25) is 0 Å². The number of hydrogen-bond donors (Lipinski definition) is 1. The molecule has 8 bridgehead atoms. The Morgan fingerprint density at radius 1 is 0.436 bits per heavy atom. The SMILES string of the molecule is CC[NH+](CC)CC.CI.Cc1ccc([S+](c2ccccc2)c2ccccc2)cc1.Cc1ccc([S+](c2ccccc2)c2ccccc2)cc1.O=C1C2CC3CC1CC(C(=O)[O-])(C3)C2.O=C1C2CC3CC1CC(C(=O)[O-])(C3)C2.[Br-]. The van der Waals surface area contributed by atoms with E-state index in [1.165, 1.54) is 60.1 Å². The van der Waals surface area contributed by atoms with Crippen LogP contribution in [0.3, 0.4) is 0 Å². The van der Waals surface area contributed by atoms with Crippen LogP contribution in [0.2, 0.25) is 0 Å². The molecule has 14 rings (SSSR count). The molecule has 0 heterocycles. The predicted octanol–water partition coefficient (Wildman–Crippen LogP) is 8.43. The van der Waals surface area contributed by atoms with Gasteiger partial charge in [-0.1, -0.05) is 131 Å². The molecule has 0 amide bonds. The van der Waals surface area contributed by atoms with E-state index in [0.717, 1.165) is 38.5 Å². The molecule has 4 atom stereocenters. The summed E-state index contributed by atoms with van der Waals surface area (Å²) in [5.74, 6) is -0.0488. The molecule has 414 valence electrons. The monoisotopic (exact) mass is 1260 g/mol. The number of carboxylic acid groups (broad SMARTS) is 2. The van der Waals surface area contributed by atoms with E-state index in [1.54, 1.807) is 4.90 Å². The first-order valence-electron chi connectivity index (χ1n) is 27.8. The zero-order valence-corrected chi connectivity index (χ0v) is 51.7. The molecule has 0 aliphatic heterocycles. The molecule has 0 saturated heterocycles.